The van der Waals surface area contributed by atoms with E-state index in [1.54, 1.807) is 0 Å². The van der Waals surface area contributed by atoms with Crippen molar-refractivity contribution in [2.75, 3.05) is 38.7 Å². The van der Waals surface area contributed by atoms with Crippen LogP contribution in [-0.4, -0.2) is 55.5 Å². The summed E-state index contributed by atoms with van der Waals surface area (Å²) in [5.74, 6) is 2.29. The molecule has 6 heteroatoms. The Labute approximate surface area is 120 Å². The van der Waals surface area contributed by atoms with Crippen LogP contribution in [0.4, 0.5) is 0 Å². The SMILES string of the molecule is CN=C(NCCCSC)N1CCCC(CC(N)=O)C1. The van der Waals surface area contributed by atoms with Gasteiger partial charge in [0.1, 0.15) is 0 Å². The molecule has 0 aromatic rings. The maximum absolute atomic E-state index is 11.0. The number of primary amides is 1. The molecule has 0 aliphatic carbocycles. The lowest BCUT2D eigenvalue weighted by molar-refractivity contribution is -0.119. The van der Waals surface area contributed by atoms with Gasteiger partial charge in [-0.1, -0.05) is 0 Å². The molecule has 0 bridgehead atoms. The standard InChI is InChI=1S/C13H26N4OS/c1-15-13(16-6-4-8-19-2)17-7-3-5-11(10-17)9-12(14)18/h11H,3-10H2,1-2H3,(H2,14,18)(H,15,16). The third-order valence-electron chi connectivity index (χ3n) is 3.33. The molecule has 0 radical (unpaired) electrons. The van der Waals surface area contributed by atoms with Gasteiger partial charge in [0.05, 0.1) is 0 Å². The summed E-state index contributed by atoms with van der Waals surface area (Å²) in [5, 5.41) is 3.39. The van der Waals surface area contributed by atoms with Gasteiger partial charge in [-0.05, 0) is 37.2 Å². The Morgan fingerprint density at radius 2 is 2.37 bits per heavy atom. The molecule has 1 heterocycles. The van der Waals surface area contributed by atoms with E-state index in [-0.39, 0.29) is 5.91 Å². The van der Waals surface area contributed by atoms with Crippen LogP contribution < -0.4 is 11.1 Å². The van der Waals surface area contributed by atoms with Crippen LogP contribution in [-0.2, 0) is 4.79 Å². The molecule has 1 rings (SSSR count). The van der Waals surface area contributed by atoms with Gasteiger partial charge in [-0.15, -0.1) is 0 Å². The zero-order valence-electron chi connectivity index (χ0n) is 12.0. The molecule has 1 amide bonds. The third-order valence-corrected chi connectivity index (χ3v) is 4.03. The topological polar surface area (TPSA) is 70.7 Å². The molecular formula is C13H26N4OS. The third kappa shape index (κ3) is 6.18. The molecule has 1 aliphatic rings. The molecule has 1 saturated heterocycles. The number of thioether (sulfide) groups is 1. The van der Waals surface area contributed by atoms with Crippen LogP contribution >= 0.6 is 11.8 Å². The number of nitrogens with zero attached hydrogens (tertiary/aromatic N) is 2. The lowest BCUT2D eigenvalue weighted by Crippen LogP contribution is -2.47. The van der Waals surface area contributed by atoms with Crippen molar-refractivity contribution < 1.29 is 4.79 Å². The summed E-state index contributed by atoms with van der Waals surface area (Å²) in [6.45, 7) is 2.84. The van der Waals surface area contributed by atoms with Gasteiger partial charge in [0, 0.05) is 33.1 Å². The number of nitrogens with one attached hydrogen (secondary N) is 1. The molecule has 0 spiro atoms. The summed E-state index contributed by atoms with van der Waals surface area (Å²) in [7, 11) is 1.81. The highest BCUT2D eigenvalue weighted by molar-refractivity contribution is 7.98. The molecule has 1 unspecified atom stereocenters. The summed E-state index contributed by atoms with van der Waals surface area (Å²) in [5.41, 5.74) is 5.29. The Bertz CT molecular complexity index is 309. The summed E-state index contributed by atoms with van der Waals surface area (Å²) < 4.78 is 0. The molecular weight excluding hydrogens is 260 g/mol. The number of amides is 1. The number of nitrogens with two attached hydrogens (primary N) is 1. The number of aliphatic imine (C=N–C) groups is 1. The Balaban J connectivity index is 2.40. The smallest absolute Gasteiger partial charge is 0.217 e. The molecule has 1 aliphatic heterocycles. The average Bonchev–Trinajstić information content (AvgIpc) is 2.38. The number of likely N-dealkylation sites (tertiary alicyclic amines) is 1. The summed E-state index contributed by atoms with van der Waals surface area (Å²) >= 11 is 1.86. The second-order valence-corrected chi connectivity index (χ2v) is 5.93. The molecule has 1 fully saturated rings. The van der Waals surface area contributed by atoms with Crippen LogP contribution in [0.1, 0.15) is 25.7 Å². The van der Waals surface area contributed by atoms with E-state index < -0.39 is 0 Å². The summed E-state index contributed by atoms with van der Waals surface area (Å²) in [6, 6.07) is 0. The number of guanidine groups is 1. The number of hydrogen-bond donors (Lipinski definition) is 2. The Morgan fingerprint density at radius 3 is 3.00 bits per heavy atom. The Morgan fingerprint density at radius 1 is 1.58 bits per heavy atom. The van der Waals surface area contributed by atoms with Crippen LogP contribution in [0, 0.1) is 5.92 Å². The van der Waals surface area contributed by atoms with Crippen molar-refractivity contribution in [2.24, 2.45) is 16.6 Å². The quantitative estimate of drug-likeness (QED) is 0.432. The van der Waals surface area contributed by atoms with E-state index in [2.05, 4.69) is 21.5 Å². The number of carbonyl (C=O) groups is 1. The van der Waals surface area contributed by atoms with E-state index >= 15 is 0 Å². The van der Waals surface area contributed by atoms with Crippen LogP contribution in [0.2, 0.25) is 0 Å². The molecule has 0 aromatic heterocycles. The maximum Gasteiger partial charge on any atom is 0.217 e. The van der Waals surface area contributed by atoms with Gasteiger partial charge >= 0.3 is 0 Å². The van der Waals surface area contributed by atoms with Gasteiger partial charge in [-0.2, -0.15) is 11.8 Å². The van der Waals surface area contributed by atoms with Gasteiger partial charge in [-0.3, -0.25) is 9.79 Å². The first-order valence-corrected chi connectivity index (χ1v) is 8.29. The average molecular weight is 286 g/mol. The summed E-state index contributed by atoms with van der Waals surface area (Å²) in [6.07, 6.45) is 5.93. The zero-order valence-corrected chi connectivity index (χ0v) is 12.8. The fraction of sp³-hybridized carbons (Fsp3) is 0.846. The van der Waals surface area contributed by atoms with Crippen LogP contribution in [0.15, 0.2) is 4.99 Å². The highest BCUT2D eigenvalue weighted by Gasteiger charge is 2.23. The van der Waals surface area contributed by atoms with Crippen LogP contribution in [0.25, 0.3) is 0 Å². The molecule has 5 nitrogen and oxygen atoms in total. The monoisotopic (exact) mass is 286 g/mol. The van der Waals surface area contributed by atoms with E-state index in [0.29, 0.717) is 12.3 Å². The normalized spacial score (nSPS) is 20.4. The van der Waals surface area contributed by atoms with E-state index in [1.165, 1.54) is 0 Å². The van der Waals surface area contributed by atoms with Crippen LogP contribution in [0.3, 0.4) is 0 Å². The van der Waals surface area contributed by atoms with Gasteiger partial charge in [0.25, 0.3) is 0 Å². The van der Waals surface area contributed by atoms with Crippen molar-refractivity contribution in [3.63, 3.8) is 0 Å². The van der Waals surface area contributed by atoms with Crippen LogP contribution in [0.5, 0.6) is 0 Å². The second-order valence-electron chi connectivity index (χ2n) is 4.95. The van der Waals surface area contributed by atoms with Gasteiger partial charge in [0.15, 0.2) is 5.96 Å². The first-order chi connectivity index (χ1) is 9.17. The minimum Gasteiger partial charge on any atom is -0.370 e. The highest BCUT2D eigenvalue weighted by Crippen LogP contribution is 2.19. The number of carbonyl (C=O) groups excluding carboxylic acids is 1. The van der Waals surface area contributed by atoms with Gasteiger partial charge < -0.3 is 16.0 Å². The number of piperidine rings is 1. The molecule has 3 N–H and O–H groups in total. The fourth-order valence-electron chi connectivity index (χ4n) is 2.46. The van der Waals surface area contributed by atoms with Gasteiger partial charge in [-0.25, -0.2) is 0 Å². The zero-order chi connectivity index (χ0) is 14.1. The number of hydrogen-bond acceptors (Lipinski definition) is 3. The number of rotatable bonds is 6. The molecule has 19 heavy (non-hydrogen) atoms. The van der Waals surface area contributed by atoms with E-state index in [0.717, 1.165) is 50.6 Å². The molecule has 1 atom stereocenters. The van der Waals surface area contributed by atoms with Crippen molar-refractivity contribution in [1.82, 2.24) is 10.2 Å². The first-order valence-electron chi connectivity index (χ1n) is 6.90. The van der Waals surface area contributed by atoms with Crippen molar-refractivity contribution in [2.45, 2.75) is 25.7 Å². The van der Waals surface area contributed by atoms with E-state index in [1.807, 2.05) is 18.8 Å². The predicted octanol–water partition coefficient (Wildman–Crippen LogP) is 0.902. The fourth-order valence-corrected chi connectivity index (χ4v) is 2.89. The maximum atomic E-state index is 11.0. The first kappa shape index (κ1) is 16.1. The Hall–Kier alpha value is -0.910. The van der Waals surface area contributed by atoms with E-state index in [4.69, 9.17) is 5.73 Å². The second kappa shape index (κ2) is 9.07. The van der Waals surface area contributed by atoms with Gasteiger partial charge in [0.2, 0.25) is 5.91 Å². The minimum absolute atomic E-state index is 0.199. The predicted molar refractivity (Wildman–Crippen MR) is 82.5 cm³/mol. The minimum atomic E-state index is -0.199. The molecule has 110 valence electrons. The van der Waals surface area contributed by atoms with Crippen molar-refractivity contribution >= 4 is 23.6 Å². The van der Waals surface area contributed by atoms with Crippen molar-refractivity contribution in [1.29, 1.82) is 0 Å². The summed E-state index contributed by atoms with van der Waals surface area (Å²) in [4.78, 5) is 17.6. The lowest BCUT2D eigenvalue weighted by Gasteiger charge is -2.34. The van der Waals surface area contributed by atoms with E-state index in [9.17, 15) is 4.79 Å². The molecule has 0 aromatic carbocycles. The Kier molecular flexibility index (Phi) is 7.70. The lowest BCUT2D eigenvalue weighted by atomic mass is 9.95. The van der Waals surface area contributed by atoms with Crippen molar-refractivity contribution in [3.05, 3.63) is 0 Å². The highest BCUT2D eigenvalue weighted by atomic mass is 32.2. The van der Waals surface area contributed by atoms with Crippen molar-refractivity contribution in [3.8, 4) is 0 Å². The molecule has 0 saturated carbocycles. The largest absolute Gasteiger partial charge is 0.370 e.